The number of nitrogens with zero attached hydrogens (tertiary/aromatic N) is 4. The molecule has 0 aliphatic heterocycles. The zero-order chi connectivity index (χ0) is 9.97. The van der Waals surface area contributed by atoms with Crippen LogP contribution in [0.3, 0.4) is 0 Å². The molecule has 0 saturated heterocycles. The zero-order valence-corrected chi connectivity index (χ0v) is 9.18. The SMILES string of the molecule is Cn1ccnc1SCc1nnsc1N. The summed E-state index contributed by atoms with van der Waals surface area (Å²) in [6.45, 7) is 0. The number of thioether (sulfide) groups is 1. The predicted molar refractivity (Wildman–Crippen MR) is 57.1 cm³/mol. The Hall–Kier alpha value is -1.08. The van der Waals surface area contributed by atoms with Gasteiger partial charge < -0.3 is 10.3 Å². The van der Waals surface area contributed by atoms with Gasteiger partial charge >= 0.3 is 0 Å². The lowest BCUT2D eigenvalue weighted by atomic mass is 10.5. The van der Waals surface area contributed by atoms with Crippen LogP contribution in [-0.2, 0) is 12.8 Å². The maximum absolute atomic E-state index is 5.67. The average molecular weight is 227 g/mol. The maximum Gasteiger partial charge on any atom is 0.168 e. The molecule has 0 aliphatic rings. The summed E-state index contributed by atoms with van der Waals surface area (Å²) >= 11 is 2.82. The fourth-order valence-electron chi connectivity index (χ4n) is 0.940. The first-order valence-corrected chi connectivity index (χ1v) is 5.70. The Bertz CT molecular complexity index is 381. The molecule has 0 radical (unpaired) electrons. The lowest BCUT2D eigenvalue weighted by Crippen LogP contribution is -1.92. The number of rotatable bonds is 3. The summed E-state index contributed by atoms with van der Waals surface area (Å²) in [5.74, 6) is 0.715. The van der Waals surface area contributed by atoms with Gasteiger partial charge in [-0.25, -0.2) is 4.98 Å². The standard InChI is InChI=1S/C7H9N5S2/c1-12-3-2-9-7(12)13-4-5-6(8)14-11-10-5/h2-3H,4,8H2,1H3. The molecule has 0 saturated carbocycles. The lowest BCUT2D eigenvalue weighted by Gasteiger charge is -1.98. The third-order valence-corrected chi connectivity index (χ3v) is 3.37. The van der Waals surface area contributed by atoms with Gasteiger partial charge in [0.05, 0.1) is 0 Å². The number of nitrogen functional groups attached to an aromatic ring is 1. The molecule has 0 spiro atoms. The van der Waals surface area contributed by atoms with Crippen molar-refractivity contribution in [3.8, 4) is 0 Å². The molecule has 2 aromatic heterocycles. The van der Waals surface area contributed by atoms with Crippen LogP contribution < -0.4 is 5.73 Å². The average Bonchev–Trinajstić information content (AvgIpc) is 2.72. The summed E-state index contributed by atoms with van der Waals surface area (Å²) in [6.07, 6.45) is 3.68. The van der Waals surface area contributed by atoms with Crippen LogP contribution in [0.15, 0.2) is 17.6 Å². The van der Waals surface area contributed by atoms with Crippen molar-refractivity contribution in [3.63, 3.8) is 0 Å². The topological polar surface area (TPSA) is 69.6 Å². The van der Waals surface area contributed by atoms with E-state index >= 15 is 0 Å². The molecular weight excluding hydrogens is 218 g/mol. The lowest BCUT2D eigenvalue weighted by molar-refractivity contribution is 0.789. The Morgan fingerprint density at radius 1 is 1.64 bits per heavy atom. The monoisotopic (exact) mass is 227 g/mol. The summed E-state index contributed by atoms with van der Waals surface area (Å²) in [5.41, 5.74) is 6.51. The van der Waals surface area contributed by atoms with Gasteiger partial charge in [-0.2, -0.15) is 0 Å². The van der Waals surface area contributed by atoms with Gasteiger partial charge in [-0.05, 0) is 0 Å². The van der Waals surface area contributed by atoms with Crippen molar-refractivity contribution in [3.05, 3.63) is 18.1 Å². The van der Waals surface area contributed by atoms with Crippen molar-refractivity contribution < 1.29 is 0 Å². The van der Waals surface area contributed by atoms with E-state index in [1.54, 1.807) is 18.0 Å². The first-order valence-electron chi connectivity index (χ1n) is 3.94. The van der Waals surface area contributed by atoms with Gasteiger partial charge in [-0.1, -0.05) is 16.3 Å². The van der Waals surface area contributed by atoms with E-state index in [0.717, 1.165) is 10.9 Å². The van der Waals surface area contributed by atoms with E-state index in [1.165, 1.54) is 11.5 Å². The highest BCUT2D eigenvalue weighted by molar-refractivity contribution is 7.98. The highest BCUT2D eigenvalue weighted by Crippen LogP contribution is 2.23. The molecule has 2 heterocycles. The zero-order valence-electron chi connectivity index (χ0n) is 7.54. The smallest absolute Gasteiger partial charge is 0.168 e. The maximum atomic E-state index is 5.67. The quantitative estimate of drug-likeness (QED) is 0.796. The minimum Gasteiger partial charge on any atom is -0.388 e. The van der Waals surface area contributed by atoms with Gasteiger partial charge in [-0.3, -0.25) is 0 Å². The molecular formula is C7H9N5S2. The van der Waals surface area contributed by atoms with Crippen LogP contribution in [0.2, 0.25) is 0 Å². The van der Waals surface area contributed by atoms with E-state index in [9.17, 15) is 0 Å². The normalized spacial score (nSPS) is 10.6. The number of aromatic nitrogens is 4. The van der Waals surface area contributed by atoms with Crippen LogP contribution >= 0.6 is 23.3 Å². The summed E-state index contributed by atoms with van der Waals surface area (Å²) in [4.78, 5) is 4.19. The molecule has 14 heavy (non-hydrogen) atoms. The molecule has 74 valence electrons. The second-order valence-electron chi connectivity index (χ2n) is 2.69. The number of hydrogen-bond donors (Lipinski definition) is 1. The van der Waals surface area contributed by atoms with E-state index in [1.807, 2.05) is 17.8 Å². The first-order chi connectivity index (χ1) is 6.77. The number of aryl methyl sites for hydroxylation is 1. The van der Waals surface area contributed by atoms with Crippen LogP contribution in [0.1, 0.15) is 5.69 Å². The van der Waals surface area contributed by atoms with Crippen molar-refractivity contribution in [2.75, 3.05) is 5.73 Å². The van der Waals surface area contributed by atoms with Crippen LogP contribution in [0, 0.1) is 0 Å². The first kappa shape index (κ1) is 9.47. The van der Waals surface area contributed by atoms with Gasteiger partial charge in [0.15, 0.2) is 5.16 Å². The molecule has 0 aliphatic carbocycles. The minimum atomic E-state index is 0.687. The van der Waals surface area contributed by atoms with Gasteiger partial charge in [-0.15, -0.1) is 5.10 Å². The highest BCUT2D eigenvalue weighted by atomic mass is 32.2. The van der Waals surface area contributed by atoms with Gasteiger partial charge in [0.25, 0.3) is 0 Å². The molecule has 2 rings (SSSR count). The van der Waals surface area contributed by atoms with Crippen LogP contribution in [0.25, 0.3) is 0 Å². The van der Waals surface area contributed by atoms with Crippen molar-refractivity contribution in [1.29, 1.82) is 0 Å². The van der Waals surface area contributed by atoms with E-state index in [-0.39, 0.29) is 0 Å². The number of nitrogens with two attached hydrogens (primary N) is 1. The van der Waals surface area contributed by atoms with E-state index in [0.29, 0.717) is 10.8 Å². The summed E-state index contributed by atoms with van der Waals surface area (Å²) < 4.78 is 5.73. The predicted octanol–water partition coefficient (Wildman–Crippen LogP) is 1.15. The third kappa shape index (κ3) is 1.88. The Morgan fingerprint density at radius 2 is 2.50 bits per heavy atom. The van der Waals surface area contributed by atoms with Crippen molar-refractivity contribution >= 4 is 28.3 Å². The fourth-order valence-corrected chi connectivity index (χ4v) is 2.36. The van der Waals surface area contributed by atoms with Crippen molar-refractivity contribution in [1.82, 2.24) is 19.1 Å². The molecule has 0 fully saturated rings. The van der Waals surface area contributed by atoms with Crippen LogP contribution in [0.4, 0.5) is 5.00 Å². The second-order valence-corrected chi connectivity index (χ2v) is 4.42. The number of imidazole rings is 1. The largest absolute Gasteiger partial charge is 0.388 e. The molecule has 0 aromatic carbocycles. The molecule has 0 unspecified atom stereocenters. The molecule has 2 aromatic rings. The van der Waals surface area contributed by atoms with Gasteiger partial charge in [0.2, 0.25) is 0 Å². The summed E-state index contributed by atoms with van der Waals surface area (Å²) in [5, 5.41) is 5.57. The Balaban J connectivity index is 2.02. The third-order valence-electron chi connectivity index (χ3n) is 1.70. The minimum absolute atomic E-state index is 0.687. The summed E-state index contributed by atoms with van der Waals surface area (Å²) in [6, 6.07) is 0. The van der Waals surface area contributed by atoms with Gasteiger partial charge in [0, 0.05) is 36.7 Å². The second kappa shape index (κ2) is 3.97. The van der Waals surface area contributed by atoms with E-state index < -0.39 is 0 Å². The summed E-state index contributed by atoms with van der Waals surface area (Å²) in [7, 11) is 1.96. The molecule has 0 amide bonds. The van der Waals surface area contributed by atoms with Gasteiger partial charge in [0.1, 0.15) is 10.7 Å². The molecule has 2 N–H and O–H groups in total. The van der Waals surface area contributed by atoms with E-state index in [4.69, 9.17) is 5.73 Å². The van der Waals surface area contributed by atoms with Crippen molar-refractivity contribution in [2.24, 2.45) is 7.05 Å². The van der Waals surface area contributed by atoms with E-state index in [2.05, 4.69) is 14.6 Å². The van der Waals surface area contributed by atoms with Crippen molar-refractivity contribution in [2.45, 2.75) is 10.9 Å². The molecule has 5 nitrogen and oxygen atoms in total. The molecule has 7 heteroatoms. The number of hydrogen-bond acceptors (Lipinski definition) is 6. The Morgan fingerprint density at radius 3 is 3.07 bits per heavy atom. The molecule has 0 atom stereocenters. The number of anilines is 1. The van der Waals surface area contributed by atoms with Crippen LogP contribution in [-0.4, -0.2) is 19.1 Å². The molecule has 0 bridgehead atoms. The highest BCUT2D eigenvalue weighted by Gasteiger charge is 2.06. The van der Waals surface area contributed by atoms with Crippen LogP contribution in [0.5, 0.6) is 0 Å². The Labute approximate surface area is 89.5 Å². The Kier molecular flexibility index (Phi) is 2.69. The fraction of sp³-hybridized carbons (Fsp3) is 0.286.